The van der Waals surface area contributed by atoms with Crippen LogP contribution in [0.3, 0.4) is 0 Å². The molecule has 0 heterocycles. The van der Waals surface area contributed by atoms with Crippen molar-refractivity contribution in [1.29, 1.82) is 0 Å². The highest BCUT2D eigenvalue weighted by Gasteiger charge is 2.30. The average molecular weight is 266 g/mol. The maximum atomic E-state index is 3.77. The number of hydrogen-bond donors (Lipinski definition) is 1. The topological polar surface area (TPSA) is 15.3 Å². The molecule has 2 saturated carbocycles. The monoisotopic (exact) mass is 266 g/mol. The molecule has 0 bridgehead atoms. The number of rotatable bonds is 6. The van der Waals surface area contributed by atoms with Gasteiger partial charge in [-0.2, -0.15) is 0 Å². The molecular formula is C17H34N2. The third-order valence-electron chi connectivity index (χ3n) is 5.55. The molecule has 2 fully saturated rings. The molecular weight excluding hydrogens is 232 g/mol. The van der Waals surface area contributed by atoms with Crippen molar-refractivity contribution in [1.82, 2.24) is 10.2 Å². The van der Waals surface area contributed by atoms with Gasteiger partial charge < -0.3 is 10.2 Å². The summed E-state index contributed by atoms with van der Waals surface area (Å²) in [4.78, 5) is 2.68. The molecule has 0 aromatic carbocycles. The molecule has 19 heavy (non-hydrogen) atoms. The Morgan fingerprint density at radius 2 is 1.68 bits per heavy atom. The first-order chi connectivity index (χ1) is 9.22. The van der Waals surface area contributed by atoms with Crippen LogP contribution in [0.4, 0.5) is 0 Å². The predicted molar refractivity (Wildman–Crippen MR) is 83.5 cm³/mol. The molecule has 112 valence electrons. The van der Waals surface area contributed by atoms with Crippen molar-refractivity contribution in [3.05, 3.63) is 0 Å². The average Bonchev–Trinajstić information content (AvgIpc) is 2.92. The summed E-state index contributed by atoms with van der Waals surface area (Å²) in [7, 11) is 2.37. The van der Waals surface area contributed by atoms with Crippen LogP contribution in [-0.2, 0) is 0 Å². The lowest BCUT2D eigenvalue weighted by molar-refractivity contribution is 0.117. The van der Waals surface area contributed by atoms with E-state index in [1.807, 2.05) is 0 Å². The third kappa shape index (κ3) is 4.19. The Kier molecular flexibility index (Phi) is 6.15. The number of likely N-dealkylation sites (N-methyl/N-ethyl adjacent to an activating group) is 2. The molecule has 0 aromatic rings. The van der Waals surface area contributed by atoms with Crippen molar-refractivity contribution in [2.45, 2.75) is 77.3 Å². The second kappa shape index (κ2) is 7.64. The van der Waals surface area contributed by atoms with Crippen molar-refractivity contribution >= 4 is 0 Å². The van der Waals surface area contributed by atoms with Crippen molar-refractivity contribution in [3.63, 3.8) is 0 Å². The molecule has 0 amide bonds. The van der Waals surface area contributed by atoms with Gasteiger partial charge in [-0.15, -0.1) is 0 Å². The van der Waals surface area contributed by atoms with Gasteiger partial charge in [0.1, 0.15) is 0 Å². The van der Waals surface area contributed by atoms with Gasteiger partial charge in [0.05, 0.1) is 0 Å². The summed E-state index contributed by atoms with van der Waals surface area (Å²) >= 11 is 0. The van der Waals surface area contributed by atoms with E-state index in [9.17, 15) is 0 Å². The number of nitrogens with zero attached hydrogens (tertiary/aromatic N) is 1. The van der Waals surface area contributed by atoms with Gasteiger partial charge in [0, 0.05) is 18.6 Å². The zero-order chi connectivity index (χ0) is 13.7. The van der Waals surface area contributed by atoms with Crippen LogP contribution in [-0.4, -0.2) is 37.1 Å². The summed E-state index contributed by atoms with van der Waals surface area (Å²) in [6.45, 7) is 7.09. The van der Waals surface area contributed by atoms with Gasteiger partial charge in [-0.3, -0.25) is 0 Å². The molecule has 0 saturated heterocycles. The lowest BCUT2D eigenvalue weighted by Crippen LogP contribution is -2.49. The fourth-order valence-corrected chi connectivity index (χ4v) is 4.40. The molecule has 2 aliphatic carbocycles. The van der Waals surface area contributed by atoms with Gasteiger partial charge in [-0.05, 0) is 51.1 Å². The molecule has 1 N–H and O–H groups in total. The Balaban J connectivity index is 1.87. The maximum Gasteiger partial charge on any atom is 0.0223 e. The quantitative estimate of drug-likeness (QED) is 0.789. The largest absolute Gasteiger partial charge is 0.313 e. The van der Waals surface area contributed by atoms with Crippen molar-refractivity contribution in [3.8, 4) is 0 Å². The minimum atomic E-state index is 0.728. The van der Waals surface area contributed by atoms with Crippen molar-refractivity contribution in [2.24, 2.45) is 11.8 Å². The summed E-state index contributed by atoms with van der Waals surface area (Å²) < 4.78 is 0. The fraction of sp³-hybridized carbons (Fsp3) is 1.00. The standard InChI is InChI=1S/C17H34N2/c1-4-18-16(15-10-6-7-11-15)13-19(3)17-12-8-5-9-14(17)2/h14-18H,4-13H2,1-3H3. The maximum absolute atomic E-state index is 3.77. The zero-order valence-electron chi connectivity index (χ0n) is 13.3. The molecule has 0 spiro atoms. The highest BCUT2D eigenvalue weighted by molar-refractivity contribution is 4.86. The Hall–Kier alpha value is -0.0800. The van der Waals surface area contributed by atoms with Crippen LogP contribution in [0.25, 0.3) is 0 Å². The predicted octanol–water partition coefficient (Wildman–Crippen LogP) is 3.67. The first kappa shape index (κ1) is 15.3. The molecule has 2 aliphatic rings. The Labute approximate surface area is 120 Å². The summed E-state index contributed by atoms with van der Waals surface area (Å²) in [5.74, 6) is 1.82. The normalized spacial score (nSPS) is 30.9. The molecule has 2 rings (SSSR count). The lowest BCUT2D eigenvalue weighted by Gasteiger charge is -2.39. The minimum absolute atomic E-state index is 0.728. The first-order valence-corrected chi connectivity index (χ1v) is 8.66. The lowest BCUT2D eigenvalue weighted by atomic mass is 9.84. The van der Waals surface area contributed by atoms with Gasteiger partial charge in [0.15, 0.2) is 0 Å². The molecule has 0 aromatic heterocycles. The van der Waals surface area contributed by atoms with Gasteiger partial charge in [-0.1, -0.05) is 39.5 Å². The van der Waals surface area contributed by atoms with Crippen LogP contribution in [0.5, 0.6) is 0 Å². The van der Waals surface area contributed by atoms with Crippen LogP contribution in [0.1, 0.15) is 65.2 Å². The molecule has 2 heteroatoms. The smallest absolute Gasteiger partial charge is 0.0223 e. The van der Waals surface area contributed by atoms with E-state index in [4.69, 9.17) is 0 Å². The Bertz CT molecular complexity index is 248. The van der Waals surface area contributed by atoms with Gasteiger partial charge in [0.25, 0.3) is 0 Å². The molecule has 0 aliphatic heterocycles. The number of nitrogens with one attached hydrogen (secondary N) is 1. The van der Waals surface area contributed by atoms with Crippen molar-refractivity contribution in [2.75, 3.05) is 20.1 Å². The molecule has 0 radical (unpaired) electrons. The highest BCUT2D eigenvalue weighted by Crippen LogP contribution is 2.31. The number of hydrogen-bond acceptors (Lipinski definition) is 2. The summed E-state index contributed by atoms with van der Waals surface area (Å²) in [5.41, 5.74) is 0. The van der Waals surface area contributed by atoms with Crippen LogP contribution in [0.15, 0.2) is 0 Å². The van der Waals surface area contributed by atoms with Crippen molar-refractivity contribution < 1.29 is 0 Å². The molecule has 3 atom stereocenters. The second-order valence-electron chi connectivity index (χ2n) is 6.98. The van der Waals surface area contributed by atoms with Gasteiger partial charge >= 0.3 is 0 Å². The SMILES string of the molecule is CCNC(CN(C)C1CCCCC1C)C1CCCC1. The molecule has 2 nitrogen and oxygen atoms in total. The van der Waals surface area contributed by atoms with Crippen LogP contribution >= 0.6 is 0 Å². The van der Waals surface area contributed by atoms with E-state index in [0.717, 1.165) is 30.5 Å². The van der Waals surface area contributed by atoms with E-state index in [0.29, 0.717) is 0 Å². The van der Waals surface area contributed by atoms with Gasteiger partial charge in [0.2, 0.25) is 0 Å². The van der Waals surface area contributed by atoms with Crippen LogP contribution in [0.2, 0.25) is 0 Å². The van der Waals surface area contributed by atoms with E-state index in [-0.39, 0.29) is 0 Å². The summed E-state index contributed by atoms with van der Waals surface area (Å²) in [6.07, 6.45) is 11.6. The third-order valence-corrected chi connectivity index (χ3v) is 5.55. The van der Waals surface area contributed by atoms with E-state index in [1.165, 1.54) is 57.9 Å². The Morgan fingerprint density at radius 3 is 2.32 bits per heavy atom. The van der Waals surface area contributed by atoms with E-state index >= 15 is 0 Å². The van der Waals surface area contributed by atoms with Gasteiger partial charge in [-0.25, -0.2) is 0 Å². The van der Waals surface area contributed by atoms with Crippen LogP contribution < -0.4 is 5.32 Å². The van der Waals surface area contributed by atoms with Crippen LogP contribution in [0, 0.1) is 11.8 Å². The highest BCUT2D eigenvalue weighted by atomic mass is 15.2. The first-order valence-electron chi connectivity index (χ1n) is 8.66. The second-order valence-corrected chi connectivity index (χ2v) is 6.98. The summed E-state index contributed by atoms with van der Waals surface area (Å²) in [6, 6.07) is 1.56. The van der Waals surface area contributed by atoms with E-state index in [2.05, 4.69) is 31.1 Å². The van der Waals surface area contributed by atoms with E-state index < -0.39 is 0 Å². The van der Waals surface area contributed by atoms with E-state index in [1.54, 1.807) is 0 Å². The fourth-order valence-electron chi connectivity index (χ4n) is 4.40. The molecule has 3 unspecified atom stereocenters. The summed E-state index contributed by atoms with van der Waals surface area (Å²) in [5, 5.41) is 3.77. The Morgan fingerprint density at radius 1 is 1.05 bits per heavy atom. The minimum Gasteiger partial charge on any atom is -0.313 e. The zero-order valence-corrected chi connectivity index (χ0v) is 13.3.